The lowest BCUT2D eigenvalue weighted by Crippen LogP contribution is -2.53. The summed E-state index contributed by atoms with van der Waals surface area (Å²) in [5, 5.41) is 6.75. The molecule has 1 atom stereocenters. The summed E-state index contributed by atoms with van der Waals surface area (Å²) in [6.45, 7) is 4.13. The molecule has 1 amide bonds. The monoisotopic (exact) mass is 300 g/mol. The minimum absolute atomic E-state index is 0.259. The maximum atomic E-state index is 13.2. The normalized spacial score (nSPS) is 24.7. The molecule has 2 N–H and O–H groups in total. The van der Waals surface area contributed by atoms with E-state index in [1.165, 1.54) is 17.5 Å². The zero-order chi connectivity index (χ0) is 15.4. The Kier molecular flexibility index (Phi) is 4.82. The van der Waals surface area contributed by atoms with Crippen LogP contribution in [0.4, 0.5) is 0 Å². The lowest BCUT2D eigenvalue weighted by atomic mass is 9.67. The maximum absolute atomic E-state index is 13.2. The van der Waals surface area contributed by atoms with Crippen LogP contribution in [0.25, 0.3) is 0 Å². The molecule has 0 aromatic heterocycles. The first kappa shape index (κ1) is 15.5. The summed E-state index contributed by atoms with van der Waals surface area (Å²) in [5.41, 5.74) is 2.19. The topological polar surface area (TPSA) is 41.1 Å². The number of hydrogen-bond donors (Lipinski definition) is 2. The molecule has 1 aromatic carbocycles. The fourth-order valence-corrected chi connectivity index (χ4v) is 4.18. The van der Waals surface area contributed by atoms with Gasteiger partial charge >= 0.3 is 0 Å². The number of piperidine rings is 1. The molecule has 2 fully saturated rings. The van der Waals surface area contributed by atoms with Crippen LogP contribution in [0.1, 0.15) is 56.1 Å². The maximum Gasteiger partial charge on any atom is 0.230 e. The fraction of sp³-hybridized carbons (Fsp3) is 0.632. The number of benzene rings is 1. The molecule has 0 spiro atoms. The summed E-state index contributed by atoms with van der Waals surface area (Å²) in [6.07, 6.45) is 7.81. The molecule has 0 radical (unpaired) electrons. The number of amides is 1. The summed E-state index contributed by atoms with van der Waals surface area (Å²) in [7, 11) is 0. The molecular formula is C19H28N2O. The van der Waals surface area contributed by atoms with Gasteiger partial charge in [0.25, 0.3) is 0 Å². The van der Waals surface area contributed by atoms with Crippen LogP contribution in [0.5, 0.6) is 0 Å². The molecular weight excluding hydrogens is 272 g/mol. The van der Waals surface area contributed by atoms with Gasteiger partial charge < -0.3 is 10.6 Å². The highest BCUT2D eigenvalue weighted by atomic mass is 16.2. The van der Waals surface area contributed by atoms with E-state index in [1.807, 2.05) is 0 Å². The molecule has 1 saturated carbocycles. The van der Waals surface area contributed by atoms with Gasteiger partial charge in [-0.1, -0.05) is 43.5 Å². The van der Waals surface area contributed by atoms with Gasteiger partial charge in [-0.15, -0.1) is 0 Å². The molecule has 3 rings (SSSR count). The second-order valence-corrected chi connectivity index (χ2v) is 6.97. The summed E-state index contributed by atoms with van der Waals surface area (Å²) in [6, 6.07) is 8.75. The van der Waals surface area contributed by atoms with E-state index < -0.39 is 0 Å². The molecule has 3 heteroatoms. The van der Waals surface area contributed by atoms with Gasteiger partial charge in [0.1, 0.15) is 0 Å². The van der Waals surface area contributed by atoms with Crippen molar-refractivity contribution in [2.75, 3.05) is 13.1 Å². The zero-order valence-corrected chi connectivity index (χ0v) is 13.7. The van der Waals surface area contributed by atoms with Crippen LogP contribution in [0.2, 0.25) is 0 Å². The van der Waals surface area contributed by atoms with Crippen LogP contribution >= 0.6 is 0 Å². The van der Waals surface area contributed by atoms with Crippen molar-refractivity contribution < 1.29 is 4.79 Å². The Hall–Kier alpha value is -1.35. The van der Waals surface area contributed by atoms with Gasteiger partial charge in [0.05, 0.1) is 5.41 Å². The first-order chi connectivity index (χ1) is 10.7. The second-order valence-electron chi connectivity index (χ2n) is 6.97. The Balaban J connectivity index is 1.85. The smallest absolute Gasteiger partial charge is 0.230 e. The van der Waals surface area contributed by atoms with E-state index in [0.717, 1.165) is 51.6 Å². The predicted octanol–water partition coefficient (Wildman–Crippen LogP) is 3.07. The molecule has 22 heavy (non-hydrogen) atoms. The SMILES string of the molecule is Cc1ccccc1C1(C(=O)N[C@H]2CCCNC2)CCCCC1. The van der Waals surface area contributed by atoms with Crippen LogP contribution < -0.4 is 10.6 Å². The Labute approximate surface area is 133 Å². The average Bonchev–Trinajstić information content (AvgIpc) is 2.57. The standard InChI is InChI=1S/C19H28N2O/c1-15-8-3-4-10-17(15)19(11-5-2-6-12-19)18(22)21-16-9-7-13-20-14-16/h3-4,8,10,16,20H,2,5-7,9,11-14H2,1H3,(H,21,22)/t16-/m0/s1. The van der Waals surface area contributed by atoms with Crippen LogP contribution in [-0.4, -0.2) is 25.0 Å². The molecule has 1 heterocycles. The summed E-state index contributed by atoms with van der Waals surface area (Å²) < 4.78 is 0. The number of carbonyl (C=O) groups is 1. The lowest BCUT2D eigenvalue weighted by Gasteiger charge is -2.39. The third-order valence-electron chi connectivity index (χ3n) is 5.43. The van der Waals surface area contributed by atoms with Gasteiger partial charge in [-0.3, -0.25) is 4.79 Å². The molecule has 120 valence electrons. The van der Waals surface area contributed by atoms with Crippen LogP contribution in [0.15, 0.2) is 24.3 Å². The molecule has 0 bridgehead atoms. The Morgan fingerprint density at radius 1 is 1.18 bits per heavy atom. The van der Waals surface area contributed by atoms with Crippen LogP contribution in [-0.2, 0) is 10.2 Å². The van der Waals surface area contributed by atoms with Gasteiger partial charge in [0.15, 0.2) is 0 Å². The van der Waals surface area contributed by atoms with Crippen molar-refractivity contribution in [1.82, 2.24) is 10.6 Å². The minimum Gasteiger partial charge on any atom is -0.351 e. The van der Waals surface area contributed by atoms with Gasteiger partial charge in [-0.25, -0.2) is 0 Å². The second kappa shape index (κ2) is 6.82. The van der Waals surface area contributed by atoms with Gasteiger partial charge in [0.2, 0.25) is 5.91 Å². The predicted molar refractivity (Wildman–Crippen MR) is 90.0 cm³/mol. The molecule has 1 saturated heterocycles. The molecule has 1 aliphatic carbocycles. The highest BCUT2D eigenvalue weighted by Gasteiger charge is 2.42. The van der Waals surface area contributed by atoms with E-state index in [1.54, 1.807) is 0 Å². The number of hydrogen-bond acceptors (Lipinski definition) is 2. The van der Waals surface area contributed by atoms with E-state index >= 15 is 0 Å². The van der Waals surface area contributed by atoms with Crippen molar-refractivity contribution in [2.45, 2.75) is 63.3 Å². The average molecular weight is 300 g/mol. The van der Waals surface area contributed by atoms with Crippen molar-refractivity contribution in [1.29, 1.82) is 0 Å². The Morgan fingerprint density at radius 3 is 2.64 bits per heavy atom. The lowest BCUT2D eigenvalue weighted by molar-refractivity contribution is -0.129. The number of carbonyl (C=O) groups excluding carboxylic acids is 1. The summed E-state index contributed by atoms with van der Waals surface area (Å²) in [4.78, 5) is 13.2. The first-order valence-electron chi connectivity index (χ1n) is 8.80. The summed E-state index contributed by atoms with van der Waals surface area (Å²) >= 11 is 0. The minimum atomic E-state index is -0.305. The Morgan fingerprint density at radius 2 is 1.95 bits per heavy atom. The van der Waals surface area contributed by atoms with Crippen LogP contribution in [0, 0.1) is 6.92 Å². The largest absolute Gasteiger partial charge is 0.351 e. The molecule has 1 aromatic rings. The third kappa shape index (κ3) is 3.05. The fourth-order valence-electron chi connectivity index (χ4n) is 4.18. The van der Waals surface area contributed by atoms with Crippen molar-refractivity contribution in [3.8, 4) is 0 Å². The third-order valence-corrected chi connectivity index (χ3v) is 5.43. The molecule has 1 aliphatic heterocycles. The van der Waals surface area contributed by atoms with E-state index in [0.29, 0.717) is 6.04 Å². The van der Waals surface area contributed by atoms with E-state index in [4.69, 9.17) is 0 Å². The van der Waals surface area contributed by atoms with Crippen molar-refractivity contribution in [2.24, 2.45) is 0 Å². The van der Waals surface area contributed by atoms with E-state index in [-0.39, 0.29) is 11.3 Å². The quantitative estimate of drug-likeness (QED) is 0.901. The highest BCUT2D eigenvalue weighted by molar-refractivity contribution is 5.89. The Bertz CT molecular complexity index is 514. The number of rotatable bonds is 3. The van der Waals surface area contributed by atoms with Crippen LogP contribution in [0.3, 0.4) is 0 Å². The van der Waals surface area contributed by atoms with Gasteiger partial charge in [0, 0.05) is 12.6 Å². The van der Waals surface area contributed by atoms with Crippen molar-refractivity contribution in [3.05, 3.63) is 35.4 Å². The van der Waals surface area contributed by atoms with E-state index in [9.17, 15) is 4.79 Å². The summed E-state index contributed by atoms with van der Waals surface area (Å²) in [5.74, 6) is 0.259. The molecule has 2 aliphatic rings. The number of aryl methyl sites for hydroxylation is 1. The highest BCUT2D eigenvalue weighted by Crippen LogP contribution is 2.41. The molecule has 0 unspecified atom stereocenters. The van der Waals surface area contributed by atoms with E-state index in [2.05, 4.69) is 41.8 Å². The zero-order valence-electron chi connectivity index (χ0n) is 13.7. The first-order valence-corrected chi connectivity index (χ1v) is 8.80. The van der Waals surface area contributed by atoms with Crippen molar-refractivity contribution in [3.63, 3.8) is 0 Å². The van der Waals surface area contributed by atoms with Crippen molar-refractivity contribution >= 4 is 5.91 Å². The number of nitrogens with one attached hydrogen (secondary N) is 2. The molecule has 3 nitrogen and oxygen atoms in total. The van der Waals surface area contributed by atoms with Gasteiger partial charge in [-0.05, 0) is 50.3 Å². The van der Waals surface area contributed by atoms with Gasteiger partial charge in [-0.2, -0.15) is 0 Å².